The molecule has 0 unspecified atom stereocenters. The molecule has 0 N–H and O–H groups in total. The van der Waals surface area contributed by atoms with Gasteiger partial charge in [0, 0.05) is 13.1 Å². The van der Waals surface area contributed by atoms with Crippen molar-refractivity contribution in [2.24, 2.45) is 0 Å². The van der Waals surface area contributed by atoms with Crippen molar-refractivity contribution < 1.29 is 8.42 Å². The van der Waals surface area contributed by atoms with E-state index < -0.39 is 10.0 Å². The van der Waals surface area contributed by atoms with Crippen LogP contribution >= 0.6 is 27.3 Å². The Morgan fingerprint density at radius 2 is 1.93 bits per heavy atom. The molecule has 0 aliphatic heterocycles. The van der Waals surface area contributed by atoms with Gasteiger partial charge < -0.3 is 0 Å². The molecule has 0 fully saturated rings. The molecule has 3 nitrogen and oxygen atoms in total. The molecule has 14 heavy (non-hydrogen) atoms. The minimum Gasteiger partial charge on any atom is -0.206 e. The third-order valence-electron chi connectivity index (χ3n) is 1.85. The first-order chi connectivity index (χ1) is 6.52. The van der Waals surface area contributed by atoms with E-state index in [1.54, 1.807) is 12.1 Å². The van der Waals surface area contributed by atoms with Gasteiger partial charge in [-0.3, -0.25) is 0 Å². The van der Waals surface area contributed by atoms with Gasteiger partial charge in [-0.15, -0.1) is 11.3 Å². The lowest BCUT2D eigenvalue weighted by atomic mass is 10.7. The highest BCUT2D eigenvalue weighted by Gasteiger charge is 2.22. The second-order valence-corrected chi connectivity index (χ2v) is 7.28. The van der Waals surface area contributed by atoms with Gasteiger partial charge in [0.15, 0.2) is 0 Å². The van der Waals surface area contributed by atoms with E-state index in [0.717, 1.165) is 3.79 Å². The quantitative estimate of drug-likeness (QED) is 0.856. The summed E-state index contributed by atoms with van der Waals surface area (Å²) in [6.07, 6.45) is 0. The van der Waals surface area contributed by atoms with Gasteiger partial charge in [-0.2, -0.15) is 4.31 Å². The Morgan fingerprint density at radius 1 is 1.36 bits per heavy atom. The van der Waals surface area contributed by atoms with Crippen molar-refractivity contribution in [3.05, 3.63) is 15.9 Å². The first-order valence-corrected chi connectivity index (χ1v) is 7.32. The molecule has 1 aromatic rings. The molecular weight excluding hydrogens is 286 g/mol. The Kier molecular flexibility index (Phi) is 4.12. The van der Waals surface area contributed by atoms with Crippen LogP contribution in [-0.4, -0.2) is 25.8 Å². The minimum absolute atomic E-state index is 0.396. The number of nitrogens with zero attached hydrogens (tertiary/aromatic N) is 1. The van der Waals surface area contributed by atoms with E-state index in [0.29, 0.717) is 17.3 Å². The molecule has 0 saturated carbocycles. The van der Waals surface area contributed by atoms with Crippen LogP contribution in [0.1, 0.15) is 13.8 Å². The monoisotopic (exact) mass is 297 g/mol. The Balaban J connectivity index is 3.07. The van der Waals surface area contributed by atoms with E-state index in [1.807, 2.05) is 13.8 Å². The van der Waals surface area contributed by atoms with Gasteiger partial charge in [0.1, 0.15) is 4.21 Å². The van der Waals surface area contributed by atoms with Crippen LogP contribution in [0.25, 0.3) is 0 Å². The molecule has 0 aliphatic carbocycles. The summed E-state index contributed by atoms with van der Waals surface area (Å²) in [5.41, 5.74) is 0. The molecule has 0 saturated heterocycles. The first kappa shape index (κ1) is 12.2. The number of hydrogen-bond donors (Lipinski definition) is 0. The largest absolute Gasteiger partial charge is 0.252 e. The van der Waals surface area contributed by atoms with Gasteiger partial charge in [0.25, 0.3) is 10.0 Å². The fraction of sp³-hybridized carbons (Fsp3) is 0.500. The van der Waals surface area contributed by atoms with Gasteiger partial charge in [0.05, 0.1) is 3.79 Å². The lowest BCUT2D eigenvalue weighted by Gasteiger charge is -2.16. The normalized spacial score (nSPS) is 12.3. The summed E-state index contributed by atoms with van der Waals surface area (Å²) in [5, 5.41) is 0. The second-order valence-electron chi connectivity index (χ2n) is 2.65. The fourth-order valence-corrected chi connectivity index (χ4v) is 4.75. The predicted octanol–water partition coefficient (Wildman–Crippen LogP) is 2.54. The molecule has 1 rings (SSSR count). The maximum absolute atomic E-state index is 11.9. The van der Waals surface area contributed by atoms with Crippen molar-refractivity contribution in [1.29, 1.82) is 0 Å². The molecule has 0 radical (unpaired) electrons. The van der Waals surface area contributed by atoms with Crippen LogP contribution in [0.3, 0.4) is 0 Å². The van der Waals surface area contributed by atoms with Crippen molar-refractivity contribution in [3.8, 4) is 0 Å². The van der Waals surface area contributed by atoms with E-state index in [2.05, 4.69) is 15.9 Å². The molecule has 0 bridgehead atoms. The van der Waals surface area contributed by atoms with Crippen LogP contribution in [0.5, 0.6) is 0 Å². The molecule has 1 heterocycles. The molecule has 0 aliphatic rings. The van der Waals surface area contributed by atoms with E-state index in [9.17, 15) is 8.42 Å². The summed E-state index contributed by atoms with van der Waals surface area (Å²) in [4.78, 5) is 0. The first-order valence-electron chi connectivity index (χ1n) is 4.27. The molecule has 1 aromatic heterocycles. The van der Waals surface area contributed by atoms with E-state index in [4.69, 9.17) is 0 Å². The molecule has 6 heteroatoms. The molecule has 0 atom stereocenters. The summed E-state index contributed by atoms with van der Waals surface area (Å²) in [7, 11) is -3.26. The Morgan fingerprint density at radius 3 is 2.29 bits per heavy atom. The van der Waals surface area contributed by atoms with Gasteiger partial charge in [-0.05, 0) is 28.1 Å². The summed E-state index contributed by atoms with van der Waals surface area (Å²) < 4.78 is 26.5. The zero-order valence-electron chi connectivity index (χ0n) is 8.03. The predicted molar refractivity (Wildman–Crippen MR) is 62.1 cm³/mol. The van der Waals surface area contributed by atoms with E-state index in [-0.39, 0.29) is 0 Å². The number of halogens is 1. The van der Waals surface area contributed by atoms with Crippen molar-refractivity contribution in [2.45, 2.75) is 18.1 Å². The van der Waals surface area contributed by atoms with Crippen LogP contribution in [0.4, 0.5) is 0 Å². The highest BCUT2D eigenvalue weighted by Crippen LogP contribution is 2.28. The van der Waals surface area contributed by atoms with Crippen LogP contribution < -0.4 is 0 Å². The zero-order chi connectivity index (χ0) is 10.8. The molecule has 0 amide bonds. The lowest BCUT2D eigenvalue weighted by Crippen LogP contribution is -2.29. The van der Waals surface area contributed by atoms with Gasteiger partial charge in [-0.1, -0.05) is 13.8 Å². The molecule has 0 spiro atoms. The molecule has 80 valence electrons. The maximum atomic E-state index is 11.9. The third kappa shape index (κ3) is 2.36. The van der Waals surface area contributed by atoms with Crippen LogP contribution in [0.2, 0.25) is 0 Å². The standard InChI is InChI=1S/C8H12BrNO2S2/c1-3-10(4-2)14(11,12)8-6-5-7(9)13-8/h5-6H,3-4H2,1-2H3. The maximum Gasteiger partial charge on any atom is 0.252 e. The third-order valence-corrected chi connectivity index (χ3v) is 5.99. The molecule has 0 aromatic carbocycles. The summed E-state index contributed by atoms with van der Waals surface area (Å²) in [6, 6.07) is 3.38. The zero-order valence-corrected chi connectivity index (χ0v) is 11.2. The highest BCUT2D eigenvalue weighted by atomic mass is 79.9. The lowest BCUT2D eigenvalue weighted by molar-refractivity contribution is 0.447. The number of thiophene rings is 1. The van der Waals surface area contributed by atoms with Crippen molar-refractivity contribution in [1.82, 2.24) is 4.31 Å². The average Bonchev–Trinajstić information content (AvgIpc) is 2.54. The average molecular weight is 298 g/mol. The summed E-state index contributed by atoms with van der Waals surface area (Å²) in [5.74, 6) is 0. The minimum atomic E-state index is -3.26. The second kappa shape index (κ2) is 4.74. The van der Waals surface area contributed by atoms with Gasteiger partial charge >= 0.3 is 0 Å². The molecular formula is C8H12BrNO2S2. The SMILES string of the molecule is CCN(CC)S(=O)(=O)c1ccc(Br)s1. The van der Waals surface area contributed by atoms with E-state index in [1.165, 1.54) is 15.6 Å². The number of rotatable bonds is 4. The smallest absolute Gasteiger partial charge is 0.206 e. The van der Waals surface area contributed by atoms with Gasteiger partial charge in [0.2, 0.25) is 0 Å². The van der Waals surface area contributed by atoms with Crippen LogP contribution in [0.15, 0.2) is 20.1 Å². The van der Waals surface area contributed by atoms with Crippen LogP contribution in [0, 0.1) is 0 Å². The summed E-state index contributed by atoms with van der Waals surface area (Å²) in [6.45, 7) is 4.69. The van der Waals surface area contributed by atoms with Crippen molar-refractivity contribution >= 4 is 37.3 Å². The Bertz CT molecular complexity index is 395. The highest BCUT2D eigenvalue weighted by molar-refractivity contribution is 9.11. The van der Waals surface area contributed by atoms with Crippen molar-refractivity contribution in [3.63, 3.8) is 0 Å². The van der Waals surface area contributed by atoms with Gasteiger partial charge in [-0.25, -0.2) is 8.42 Å². The number of hydrogen-bond acceptors (Lipinski definition) is 3. The summed E-state index contributed by atoms with van der Waals surface area (Å²) >= 11 is 4.49. The number of sulfonamides is 1. The Hall–Kier alpha value is 0.0900. The topological polar surface area (TPSA) is 37.4 Å². The van der Waals surface area contributed by atoms with E-state index >= 15 is 0 Å². The van der Waals surface area contributed by atoms with Crippen LogP contribution in [-0.2, 0) is 10.0 Å². The fourth-order valence-electron chi connectivity index (χ4n) is 1.13. The van der Waals surface area contributed by atoms with Crippen molar-refractivity contribution in [2.75, 3.05) is 13.1 Å². The Labute approximate surface area is 96.9 Å².